The van der Waals surface area contributed by atoms with E-state index in [4.69, 9.17) is 17.3 Å². The number of nitrogens with one attached hydrogen (secondary N) is 1. The Morgan fingerprint density at radius 1 is 1.19 bits per heavy atom. The van der Waals surface area contributed by atoms with Gasteiger partial charge in [0.1, 0.15) is 4.90 Å². The maximum atomic E-state index is 12.4. The van der Waals surface area contributed by atoms with Gasteiger partial charge in [0.05, 0.1) is 17.7 Å². The van der Waals surface area contributed by atoms with Crippen LogP contribution in [0, 0.1) is 0 Å². The molecule has 112 valence electrons. The lowest BCUT2D eigenvalue weighted by Crippen LogP contribution is -2.31. The standard InChI is InChI=1S/C14H15ClN2O3S/c15-12-7-6-11(16)8-14(12)21(19,20)17-13(9-18)10-4-2-1-3-5-10/h1-8,13,17-18H,9,16H2. The summed E-state index contributed by atoms with van der Waals surface area (Å²) in [5, 5.41) is 9.50. The lowest BCUT2D eigenvalue weighted by atomic mass is 10.1. The number of sulfonamides is 1. The molecule has 0 aliphatic carbocycles. The molecule has 0 fully saturated rings. The zero-order valence-electron chi connectivity index (χ0n) is 11.0. The van der Waals surface area contributed by atoms with E-state index in [1.807, 2.05) is 0 Å². The molecule has 0 radical (unpaired) electrons. The second kappa shape index (κ2) is 6.44. The first-order valence-corrected chi connectivity index (χ1v) is 8.03. The molecule has 0 bridgehead atoms. The smallest absolute Gasteiger partial charge is 0.242 e. The number of aliphatic hydroxyl groups is 1. The Balaban J connectivity index is 2.34. The van der Waals surface area contributed by atoms with E-state index >= 15 is 0 Å². The van der Waals surface area contributed by atoms with Crippen LogP contribution < -0.4 is 10.5 Å². The highest BCUT2D eigenvalue weighted by atomic mass is 35.5. The van der Waals surface area contributed by atoms with Crippen molar-refractivity contribution in [1.82, 2.24) is 4.72 Å². The molecule has 0 spiro atoms. The van der Waals surface area contributed by atoms with E-state index in [1.165, 1.54) is 18.2 Å². The number of halogens is 1. The first-order chi connectivity index (χ1) is 9.94. The molecule has 0 saturated carbocycles. The highest BCUT2D eigenvalue weighted by molar-refractivity contribution is 7.89. The van der Waals surface area contributed by atoms with E-state index < -0.39 is 16.1 Å². The Kier molecular flexibility index (Phi) is 4.84. The highest BCUT2D eigenvalue weighted by Crippen LogP contribution is 2.25. The van der Waals surface area contributed by atoms with E-state index in [1.54, 1.807) is 30.3 Å². The number of hydrogen-bond donors (Lipinski definition) is 3. The Hall–Kier alpha value is -1.60. The summed E-state index contributed by atoms with van der Waals surface area (Å²) in [5.41, 5.74) is 6.55. The number of anilines is 1. The molecule has 1 atom stereocenters. The van der Waals surface area contributed by atoms with Gasteiger partial charge in [0.25, 0.3) is 0 Å². The van der Waals surface area contributed by atoms with Gasteiger partial charge in [-0.15, -0.1) is 0 Å². The van der Waals surface area contributed by atoms with Gasteiger partial charge in [-0.3, -0.25) is 0 Å². The fraction of sp³-hybridized carbons (Fsp3) is 0.143. The van der Waals surface area contributed by atoms with Crippen LogP contribution in [0.5, 0.6) is 0 Å². The molecule has 5 nitrogen and oxygen atoms in total. The monoisotopic (exact) mass is 326 g/mol. The van der Waals surface area contributed by atoms with E-state index in [2.05, 4.69) is 4.72 Å². The van der Waals surface area contributed by atoms with Crippen LogP contribution in [-0.2, 0) is 10.0 Å². The Bertz CT molecular complexity index is 720. The fourth-order valence-electron chi connectivity index (χ4n) is 1.87. The second-order valence-corrected chi connectivity index (χ2v) is 6.55. The van der Waals surface area contributed by atoms with Crippen molar-refractivity contribution in [3.8, 4) is 0 Å². The molecule has 0 amide bonds. The second-order valence-electron chi connectivity index (χ2n) is 4.46. The maximum absolute atomic E-state index is 12.4. The number of nitrogens with two attached hydrogens (primary N) is 1. The summed E-state index contributed by atoms with van der Waals surface area (Å²) in [4.78, 5) is -0.112. The van der Waals surface area contributed by atoms with Crippen LogP contribution in [0.3, 0.4) is 0 Å². The molecular weight excluding hydrogens is 312 g/mol. The third-order valence-corrected chi connectivity index (χ3v) is 4.88. The van der Waals surface area contributed by atoms with Gasteiger partial charge in [0, 0.05) is 5.69 Å². The summed E-state index contributed by atoms with van der Waals surface area (Å²) in [6, 6.07) is 12.2. The van der Waals surface area contributed by atoms with Crippen LogP contribution >= 0.6 is 11.6 Å². The predicted molar refractivity (Wildman–Crippen MR) is 82.5 cm³/mol. The quantitative estimate of drug-likeness (QED) is 0.732. The third kappa shape index (κ3) is 3.74. The number of aliphatic hydroxyl groups excluding tert-OH is 1. The molecule has 0 aromatic heterocycles. The minimum atomic E-state index is -3.89. The van der Waals surface area contributed by atoms with Crippen LogP contribution in [0.1, 0.15) is 11.6 Å². The fourth-order valence-corrected chi connectivity index (χ4v) is 3.62. The first-order valence-electron chi connectivity index (χ1n) is 6.17. The van der Waals surface area contributed by atoms with E-state index in [9.17, 15) is 13.5 Å². The SMILES string of the molecule is Nc1ccc(Cl)c(S(=O)(=O)NC(CO)c2ccccc2)c1. The molecule has 0 saturated heterocycles. The summed E-state index contributed by atoms with van der Waals surface area (Å²) >= 11 is 5.92. The van der Waals surface area contributed by atoms with Crippen LogP contribution in [0.4, 0.5) is 5.69 Å². The summed E-state index contributed by atoms with van der Waals surface area (Å²) in [6.45, 7) is -0.372. The molecule has 2 aromatic carbocycles. The number of rotatable bonds is 5. The minimum Gasteiger partial charge on any atom is -0.399 e. The number of hydrogen-bond acceptors (Lipinski definition) is 4. The van der Waals surface area contributed by atoms with Gasteiger partial charge in [-0.25, -0.2) is 13.1 Å². The lowest BCUT2D eigenvalue weighted by molar-refractivity contribution is 0.259. The summed E-state index contributed by atoms with van der Waals surface area (Å²) < 4.78 is 27.2. The average Bonchev–Trinajstić information content (AvgIpc) is 2.48. The molecule has 0 heterocycles. The zero-order chi connectivity index (χ0) is 15.5. The molecular formula is C14H15ClN2O3S. The summed E-state index contributed by atoms with van der Waals surface area (Å²) in [6.07, 6.45) is 0. The van der Waals surface area contributed by atoms with Gasteiger partial charge in [-0.05, 0) is 23.8 Å². The van der Waals surface area contributed by atoms with Crippen molar-refractivity contribution in [2.24, 2.45) is 0 Å². The van der Waals surface area contributed by atoms with E-state index in [-0.39, 0.29) is 16.5 Å². The summed E-state index contributed by atoms with van der Waals surface area (Å²) in [7, 11) is -3.89. The molecule has 0 aliphatic rings. The van der Waals surface area contributed by atoms with Crippen LogP contribution in [-0.4, -0.2) is 20.1 Å². The molecule has 7 heteroatoms. The topological polar surface area (TPSA) is 92.4 Å². The lowest BCUT2D eigenvalue weighted by Gasteiger charge is -2.17. The van der Waals surface area contributed by atoms with Crippen molar-refractivity contribution in [1.29, 1.82) is 0 Å². The number of nitrogen functional groups attached to an aromatic ring is 1. The normalized spacial score (nSPS) is 13.0. The molecule has 2 aromatic rings. The van der Waals surface area contributed by atoms with Gasteiger partial charge in [0.2, 0.25) is 10.0 Å². The first kappa shape index (κ1) is 15.8. The van der Waals surface area contributed by atoms with Crippen LogP contribution in [0.25, 0.3) is 0 Å². The minimum absolute atomic E-state index is 0.0708. The van der Waals surface area contributed by atoms with Gasteiger partial charge in [-0.2, -0.15) is 0 Å². The van der Waals surface area contributed by atoms with E-state index in [0.29, 0.717) is 11.3 Å². The zero-order valence-corrected chi connectivity index (χ0v) is 12.6. The Labute approximate surface area is 128 Å². The Morgan fingerprint density at radius 3 is 2.48 bits per heavy atom. The van der Waals surface area contributed by atoms with Crippen molar-refractivity contribution >= 4 is 27.3 Å². The van der Waals surface area contributed by atoms with Gasteiger partial charge < -0.3 is 10.8 Å². The van der Waals surface area contributed by atoms with Crippen molar-refractivity contribution in [3.05, 3.63) is 59.1 Å². The van der Waals surface area contributed by atoms with Crippen LogP contribution in [0.15, 0.2) is 53.4 Å². The third-order valence-electron chi connectivity index (χ3n) is 2.93. The highest BCUT2D eigenvalue weighted by Gasteiger charge is 2.23. The molecule has 0 aliphatic heterocycles. The predicted octanol–water partition coefficient (Wildman–Crippen LogP) is 1.93. The maximum Gasteiger partial charge on any atom is 0.242 e. The van der Waals surface area contributed by atoms with Gasteiger partial charge in [0.15, 0.2) is 0 Å². The van der Waals surface area contributed by atoms with Crippen molar-refractivity contribution in [3.63, 3.8) is 0 Å². The van der Waals surface area contributed by atoms with Crippen molar-refractivity contribution < 1.29 is 13.5 Å². The average molecular weight is 327 g/mol. The van der Waals surface area contributed by atoms with Gasteiger partial charge in [-0.1, -0.05) is 41.9 Å². The molecule has 2 rings (SSSR count). The Morgan fingerprint density at radius 2 is 1.86 bits per heavy atom. The molecule has 4 N–H and O–H groups in total. The molecule has 1 unspecified atom stereocenters. The van der Waals surface area contributed by atoms with Gasteiger partial charge >= 0.3 is 0 Å². The molecule has 21 heavy (non-hydrogen) atoms. The largest absolute Gasteiger partial charge is 0.399 e. The number of benzene rings is 2. The van der Waals surface area contributed by atoms with Crippen LogP contribution in [0.2, 0.25) is 5.02 Å². The van der Waals surface area contributed by atoms with Crippen molar-refractivity contribution in [2.45, 2.75) is 10.9 Å². The van der Waals surface area contributed by atoms with E-state index in [0.717, 1.165) is 0 Å². The summed E-state index contributed by atoms with van der Waals surface area (Å²) in [5.74, 6) is 0. The van der Waals surface area contributed by atoms with Crippen molar-refractivity contribution in [2.75, 3.05) is 12.3 Å².